The van der Waals surface area contributed by atoms with Crippen LogP contribution in [-0.2, 0) is 0 Å². The maximum atomic E-state index is 11.0. The Bertz CT molecular complexity index is 622. The van der Waals surface area contributed by atoms with Crippen molar-refractivity contribution in [3.8, 4) is 5.75 Å². The van der Waals surface area contributed by atoms with Crippen LogP contribution in [0.2, 0.25) is 0 Å². The molecule has 0 aliphatic carbocycles. The van der Waals surface area contributed by atoms with E-state index in [0.717, 1.165) is 5.56 Å². The van der Waals surface area contributed by atoms with Crippen LogP contribution in [0.5, 0.6) is 5.75 Å². The van der Waals surface area contributed by atoms with Crippen LogP contribution in [0.3, 0.4) is 0 Å². The summed E-state index contributed by atoms with van der Waals surface area (Å²) < 4.78 is 0. The summed E-state index contributed by atoms with van der Waals surface area (Å²) in [6, 6.07) is 7.84. The van der Waals surface area contributed by atoms with Gasteiger partial charge in [0, 0.05) is 11.8 Å². The molecule has 0 radical (unpaired) electrons. The Morgan fingerprint density at radius 1 is 1.00 bits per heavy atom. The Morgan fingerprint density at radius 2 is 1.71 bits per heavy atom. The molecule has 5 heteroatoms. The maximum Gasteiger partial charge on any atom is 0.326 e. The van der Waals surface area contributed by atoms with Crippen LogP contribution in [0.25, 0.3) is 12.2 Å². The Morgan fingerprint density at radius 3 is 2.35 bits per heavy atom. The van der Waals surface area contributed by atoms with Gasteiger partial charge < -0.3 is 10.1 Å². The molecule has 3 N–H and O–H groups in total. The number of phenols is 1. The molecule has 2 aromatic rings. The number of aromatic amines is 2. The number of aromatic hydroxyl groups is 1. The third kappa shape index (κ3) is 2.94. The molecule has 0 aliphatic rings. The van der Waals surface area contributed by atoms with E-state index in [-0.39, 0.29) is 5.75 Å². The van der Waals surface area contributed by atoms with Gasteiger partial charge >= 0.3 is 5.69 Å². The molecule has 1 heterocycles. The van der Waals surface area contributed by atoms with Gasteiger partial charge in [-0.15, -0.1) is 0 Å². The van der Waals surface area contributed by atoms with Crippen LogP contribution in [0, 0.1) is 0 Å². The van der Waals surface area contributed by atoms with Crippen LogP contribution in [0.4, 0.5) is 0 Å². The van der Waals surface area contributed by atoms with Gasteiger partial charge in [-0.05, 0) is 23.8 Å². The van der Waals surface area contributed by atoms with Gasteiger partial charge in [-0.1, -0.05) is 18.2 Å². The summed E-state index contributed by atoms with van der Waals surface area (Å²) in [5, 5.41) is 9.10. The molecule has 0 unspecified atom stereocenters. The molecule has 0 saturated carbocycles. The SMILES string of the molecule is O=c1cc(/C=C/c2ccc(O)cc2)[nH]c(=O)[nH]1. The van der Waals surface area contributed by atoms with E-state index in [4.69, 9.17) is 5.11 Å². The zero-order valence-corrected chi connectivity index (χ0v) is 8.81. The molecule has 0 fully saturated rings. The van der Waals surface area contributed by atoms with Crippen molar-refractivity contribution in [1.82, 2.24) is 9.97 Å². The maximum absolute atomic E-state index is 11.0. The van der Waals surface area contributed by atoms with Crippen molar-refractivity contribution in [3.63, 3.8) is 0 Å². The topological polar surface area (TPSA) is 85.9 Å². The van der Waals surface area contributed by atoms with Gasteiger partial charge in [0.25, 0.3) is 5.56 Å². The standard InChI is InChI=1S/C12H10N2O3/c15-10-5-2-8(3-6-10)1-4-9-7-11(16)14-12(17)13-9/h1-7,15H,(H2,13,14,16,17)/b4-1+. The first kappa shape index (κ1) is 10.9. The number of hydrogen-bond acceptors (Lipinski definition) is 3. The monoisotopic (exact) mass is 230 g/mol. The van der Waals surface area contributed by atoms with E-state index in [1.54, 1.807) is 36.4 Å². The van der Waals surface area contributed by atoms with Gasteiger partial charge in [0.05, 0.1) is 0 Å². The smallest absolute Gasteiger partial charge is 0.326 e. The summed E-state index contributed by atoms with van der Waals surface area (Å²) in [7, 11) is 0. The van der Waals surface area contributed by atoms with Gasteiger partial charge in [0.15, 0.2) is 0 Å². The molecule has 17 heavy (non-hydrogen) atoms. The third-order valence-corrected chi connectivity index (χ3v) is 2.13. The zero-order valence-electron chi connectivity index (χ0n) is 8.81. The zero-order chi connectivity index (χ0) is 12.3. The van der Waals surface area contributed by atoms with Crippen molar-refractivity contribution in [3.05, 3.63) is 62.4 Å². The largest absolute Gasteiger partial charge is 0.508 e. The van der Waals surface area contributed by atoms with Crippen molar-refractivity contribution < 1.29 is 5.11 Å². The second kappa shape index (κ2) is 4.52. The fourth-order valence-corrected chi connectivity index (χ4v) is 1.35. The summed E-state index contributed by atoms with van der Waals surface area (Å²) >= 11 is 0. The molecule has 0 bridgehead atoms. The number of benzene rings is 1. The first-order valence-corrected chi connectivity index (χ1v) is 4.94. The summed E-state index contributed by atoms with van der Waals surface area (Å²) in [5.41, 5.74) is 0.290. The Hall–Kier alpha value is -2.56. The van der Waals surface area contributed by atoms with Crippen molar-refractivity contribution in [1.29, 1.82) is 0 Å². The van der Waals surface area contributed by atoms with Crippen LogP contribution < -0.4 is 11.2 Å². The van der Waals surface area contributed by atoms with E-state index in [1.807, 2.05) is 0 Å². The highest BCUT2D eigenvalue weighted by molar-refractivity contribution is 5.67. The second-order valence-corrected chi connectivity index (χ2v) is 3.47. The average molecular weight is 230 g/mol. The van der Waals surface area contributed by atoms with E-state index in [2.05, 4.69) is 9.97 Å². The minimum atomic E-state index is -0.539. The molecule has 1 aromatic heterocycles. The predicted octanol–water partition coefficient (Wildman–Crippen LogP) is 0.939. The van der Waals surface area contributed by atoms with Crippen molar-refractivity contribution in [2.75, 3.05) is 0 Å². The summed E-state index contributed by atoms with van der Waals surface area (Å²) in [6.07, 6.45) is 3.34. The highest BCUT2D eigenvalue weighted by Gasteiger charge is 1.92. The molecule has 0 amide bonds. The lowest BCUT2D eigenvalue weighted by Gasteiger charge is -1.94. The van der Waals surface area contributed by atoms with E-state index in [9.17, 15) is 9.59 Å². The molecular weight excluding hydrogens is 220 g/mol. The minimum Gasteiger partial charge on any atom is -0.508 e. The first-order valence-electron chi connectivity index (χ1n) is 4.94. The number of rotatable bonds is 2. The normalized spacial score (nSPS) is 10.8. The molecule has 86 valence electrons. The van der Waals surface area contributed by atoms with Crippen LogP contribution >= 0.6 is 0 Å². The van der Waals surface area contributed by atoms with Gasteiger partial charge in [-0.2, -0.15) is 0 Å². The lowest BCUT2D eigenvalue weighted by molar-refractivity contribution is 0.475. The van der Waals surface area contributed by atoms with E-state index >= 15 is 0 Å². The average Bonchev–Trinajstić information content (AvgIpc) is 2.27. The number of H-pyrrole nitrogens is 2. The molecule has 5 nitrogen and oxygen atoms in total. The predicted molar refractivity (Wildman–Crippen MR) is 64.7 cm³/mol. The highest BCUT2D eigenvalue weighted by Crippen LogP contribution is 2.11. The number of aromatic nitrogens is 2. The lowest BCUT2D eigenvalue weighted by atomic mass is 10.2. The van der Waals surface area contributed by atoms with Crippen molar-refractivity contribution in [2.24, 2.45) is 0 Å². The first-order chi connectivity index (χ1) is 8.13. The number of phenolic OH excluding ortho intramolecular Hbond substituents is 1. The Labute approximate surface area is 96.1 Å². The summed E-state index contributed by atoms with van der Waals surface area (Å²) in [4.78, 5) is 26.6. The van der Waals surface area contributed by atoms with Crippen molar-refractivity contribution >= 4 is 12.2 Å². The van der Waals surface area contributed by atoms with Crippen molar-refractivity contribution in [2.45, 2.75) is 0 Å². The third-order valence-electron chi connectivity index (χ3n) is 2.13. The van der Waals surface area contributed by atoms with E-state index < -0.39 is 11.2 Å². The molecule has 0 saturated heterocycles. The lowest BCUT2D eigenvalue weighted by Crippen LogP contribution is -2.21. The Kier molecular flexibility index (Phi) is 2.91. The minimum absolute atomic E-state index is 0.187. The van der Waals surface area contributed by atoms with Crippen LogP contribution in [-0.4, -0.2) is 15.1 Å². The molecule has 0 aliphatic heterocycles. The quantitative estimate of drug-likeness (QED) is 0.717. The fourth-order valence-electron chi connectivity index (χ4n) is 1.35. The molecule has 2 rings (SSSR count). The van der Waals surface area contributed by atoms with Crippen LogP contribution in [0.15, 0.2) is 39.9 Å². The number of hydrogen-bond donors (Lipinski definition) is 3. The molecule has 0 spiro atoms. The second-order valence-electron chi connectivity index (χ2n) is 3.47. The number of nitrogens with one attached hydrogen (secondary N) is 2. The summed E-state index contributed by atoms with van der Waals surface area (Å²) in [5.74, 6) is 0.187. The van der Waals surface area contributed by atoms with E-state index in [1.165, 1.54) is 6.07 Å². The van der Waals surface area contributed by atoms with Gasteiger partial charge in [-0.3, -0.25) is 9.78 Å². The van der Waals surface area contributed by atoms with Gasteiger partial charge in [-0.25, -0.2) is 4.79 Å². The van der Waals surface area contributed by atoms with E-state index in [0.29, 0.717) is 5.69 Å². The van der Waals surface area contributed by atoms with Gasteiger partial charge in [0.2, 0.25) is 0 Å². The molecular formula is C12H10N2O3. The fraction of sp³-hybridized carbons (Fsp3) is 0. The van der Waals surface area contributed by atoms with Crippen LogP contribution in [0.1, 0.15) is 11.3 Å². The highest BCUT2D eigenvalue weighted by atomic mass is 16.3. The molecule has 0 atom stereocenters. The summed E-state index contributed by atoms with van der Waals surface area (Å²) in [6.45, 7) is 0. The van der Waals surface area contributed by atoms with Gasteiger partial charge in [0.1, 0.15) is 5.75 Å². The Balaban J connectivity index is 2.28. The molecule has 1 aromatic carbocycles.